The molecule has 0 radical (unpaired) electrons. The third-order valence-electron chi connectivity index (χ3n) is 6.16. The first kappa shape index (κ1) is 21.8. The molecule has 2 heteroatoms. The molecule has 4 aromatic carbocycles. The van der Waals surface area contributed by atoms with E-state index in [1.807, 2.05) is 48.5 Å². The molecule has 32 heavy (non-hydrogen) atoms. The second-order valence-electron chi connectivity index (χ2n) is 8.44. The van der Waals surface area contributed by atoms with Gasteiger partial charge in [-0.2, -0.15) is 5.26 Å². The standard InChI is InChI=1S/C30H28FN/c1-2-3-4-5-22-10-13-25(14-11-22)27-18-19-29-28(20-27)17-16-26(30(29)31)15-12-23-6-8-24(21-32)9-7-23/h6-11,13-14,16-20H,2-5,12,15H2,1H3. The highest BCUT2D eigenvalue weighted by atomic mass is 19.1. The molecule has 160 valence electrons. The van der Waals surface area contributed by atoms with Crippen LogP contribution in [0.15, 0.2) is 78.9 Å². The Labute approximate surface area is 190 Å². The zero-order chi connectivity index (χ0) is 22.3. The van der Waals surface area contributed by atoms with Gasteiger partial charge in [0.1, 0.15) is 5.82 Å². The molecule has 0 heterocycles. The maximum atomic E-state index is 15.2. The van der Waals surface area contributed by atoms with Gasteiger partial charge in [0.25, 0.3) is 0 Å². The van der Waals surface area contributed by atoms with Crippen molar-refractivity contribution >= 4 is 10.8 Å². The molecule has 4 rings (SSSR count). The van der Waals surface area contributed by atoms with Crippen molar-refractivity contribution in [3.8, 4) is 17.2 Å². The molecule has 0 N–H and O–H groups in total. The Morgan fingerprint density at radius 3 is 2.12 bits per heavy atom. The van der Waals surface area contributed by atoms with E-state index in [1.54, 1.807) is 0 Å². The second-order valence-corrected chi connectivity index (χ2v) is 8.44. The molecule has 0 aromatic heterocycles. The summed E-state index contributed by atoms with van der Waals surface area (Å²) >= 11 is 0. The summed E-state index contributed by atoms with van der Waals surface area (Å²) in [5.41, 5.74) is 6.13. The number of rotatable bonds is 8. The highest BCUT2D eigenvalue weighted by Gasteiger charge is 2.09. The summed E-state index contributed by atoms with van der Waals surface area (Å²) in [6.07, 6.45) is 6.25. The van der Waals surface area contributed by atoms with Crippen molar-refractivity contribution in [3.05, 3.63) is 107 Å². The van der Waals surface area contributed by atoms with Gasteiger partial charge in [-0.3, -0.25) is 0 Å². The third-order valence-corrected chi connectivity index (χ3v) is 6.16. The normalized spacial score (nSPS) is 10.9. The molecule has 4 aromatic rings. The predicted molar refractivity (Wildman–Crippen MR) is 131 cm³/mol. The number of aryl methyl sites for hydroxylation is 3. The lowest BCUT2D eigenvalue weighted by Gasteiger charge is -2.10. The summed E-state index contributed by atoms with van der Waals surface area (Å²) in [4.78, 5) is 0. The van der Waals surface area contributed by atoms with Gasteiger partial charge in [0, 0.05) is 5.39 Å². The summed E-state index contributed by atoms with van der Waals surface area (Å²) in [7, 11) is 0. The van der Waals surface area contributed by atoms with Crippen molar-refractivity contribution in [3.63, 3.8) is 0 Å². The molecular formula is C30H28FN. The number of hydrogen-bond acceptors (Lipinski definition) is 1. The fraction of sp³-hybridized carbons (Fsp3) is 0.233. The van der Waals surface area contributed by atoms with E-state index in [-0.39, 0.29) is 5.82 Å². The fourth-order valence-corrected chi connectivity index (χ4v) is 4.18. The van der Waals surface area contributed by atoms with Gasteiger partial charge >= 0.3 is 0 Å². The van der Waals surface area contributed by atoms with E-state index >= 15 is 4.39 Å². The molecule has 0 aliphatic rings. The molecule has 0 saturated heterocycles. The number of unbranched alkanes of at least 4 members (excludes halogenated alkanes) is 2. The Kier molecular flexibility index (Phi) is 6.97. The quantitative estimate of drug-likeness (QED) is 0.264. The van der Waals surface area contributed by atoms with Crippen molar-refractivity contribution in [2.75, 3.05) is 0 Å². The average molecular weight is 422 g/mol. The van der Waals surface area contributed by atoms with Crippen molar-refractivity contribution in [2.45, 2.75) is 45.4 Å². The molecular weight excluding hydrogens is 393 g/mol. The average Bonchev–Trinajstić information content (AvgIpc) is 2.84. The van der Waals surface area contributed by atoms with Crippen LogP contribution < -0.4 is 0 Å². The molecule has 0 fully saturated rings. The minimum atomic E-state index is -0.131. The van der Waals surface area contributed by atoms with E-state index in [9.17, 15) is 0 Å². The van der Waals surface area contributed by atoms with Crippen LogP contribution in [0.1, 0.15) is 48.4 Å². The van der Waals surface area contributed by atoms with Gasteiger partial charge in [0.15, 0.2) is 0 Å². The Morgan fingerprint density at radius 2 is 1.41 bits per heavy atom. The molecule has 0 spiro atoms. The molecule has 0 atom stereocenters. The molecule has 0 aliphatic carbocycles. The lowest BCUT2D eigenvalue weighted by molar-refractivity contribution is 0.620. The smallest absolute Gasteiger partial charge is 0.134 e. The van der Waals surface area contributed by atoms with Crippen LogP contribution in [0, 0.1) is 17.1 Å². The van der Waals surface area contributed by atoms with Gasteiger partial charge in [-0.1, -0.05) is 80.4 Å². The summed E-state index contributed by atoms with van der Waals surface area (Å²) < 4.78 is 15.2. The van der Waals surface area contributed by atoms with Gasteiger partial charge in [0.2, 0.25) is 0 Å². The first-order valence-electron chi connectivity index (χ1n) is 11.5. The number of nitrogens with zero attached hydrogens (tertiary/aromatic N) is 1. The van der Waals surface area contributed by atoms with Gasteiger partial charge < -0.3 is 0 Å². The summed E-state index contributed by atoms with van der Waals surface area (Å²) in [5.74, 6) is -0.131. The summed E-state index contributed by atoms with van der Waals surface area (Å²) in [6.45, 7) is 2.23. The van der Waals surface area contributed by atoms with E-state index in [4.69, 9.17) is 5.26 Å². The maximum Gasteiger partial charge on any atom is 0.134 e. The highest BCUT2D eigenvalue weighted by molar-refractivity contribution is 5.88. The number of fused-ring (bicyclic) bond motifs is 1. The van der Waals surface area contributed by atoms with Gasteiger partial charge in [-0.15, -0.1) is 0 Å². The number of hydrogen-bond donors (Lipinski definition) is 0. The Morgan fingerprint density at radius 1 is 0.719 bits per heavy atom. The molecule has 0 saturated carbocycles. The lowest BCUT2D eigenvalue weighted by Crippen LogP contribution is -1.96. The molecule has 0 unspecified atom stereocenters. The van der Waals surface area contributed by atoms with Crippen molar-refractivity contribution in [1.82, 2.24) is 0 Å². The van der Waals surface area contributed by atoms with E-state index in [2.05, 4.69) is 43.3 Å². The highest BCUT2D eigenvalue weighted by Crippen LogP contribution is 2.28. The fourth-order valence-electron chi connectivity index (χ4n) is 4.18. The first-order valence-corrected chi connectivity index (χ1v) is 11.5. The lowest BCUT2D eigenvalue weighted by atomic mass is 9.96. The summed E-state index contributed by atoms with van der Waals surface area (Å²) in [5, 5.41) is 10.5. The van der Waals surface area contributed by atoms with Crippen LogP contribution in [0.5, 0.6) is 0 Å². The van der Waals surface area contributed by atoms with Crippen molar-refractivity contribution in [1.29, 1.82) is 5.26 Å². The van der Waals surface area contributed by atoms with Gasteiger partial charge in [-0.05, 0) is 77.1 Å². The zero-order valence-corrected chi connectivity index (χ0v) is 18.6. The predicted octanol–water partition coefficient (Wildman–Crippen LogP) is 8.04. The van der Waals surface area contributed by atoms with E-state index in [0.717, 1.165) is 40.5 Å². The third kappa shape index (κ3) is 5.06. The number of nitriles is 1. The van der Waals surface area contributed by atoms with Gasteiger partial charge in [0.05, 0.1) is 11.6 Å². The van der Waals surface area contributed by atoms with Crippen LogP contribution in [-0.2, 0) is 19.3 Å². The van der Waals surface area contributed by atoms with Crippen LogP contribution in [0.3, 0.4) is 0 Å². The largest absolute Gasteiger partial charge is 0.206 e. The van der Waals surface area contributed by atoms with Crippen molar-refractivity contribution in [2.24, 2.45) is 0 Å². The minimum absolute atomic E-state index is 0.131. The molecule has 1 nitrogen and oxygen atoms in total. The van der Waals surface area contributed by atoms with Crippen LogP contribution in [0.4, 0.5) is 4.39 Å². The Balaban J connectivity index is 1.49. The minimum Gasteiger partial charge on any atom is -0.206 e. The van der Waals surface area contributed by atoms with E-state index in [0.29, 0.717) is 17.4 Å². The number of halogens is 1. The first-order chi connectivity index (χ1) is 15.7. The topological polar surface area (TPSA) is 23.8 Å². The van der Waals surface area contributed by atoms with Gasteiger partial charge in [-0.25, -0.2) is 4.39 Å². The SMILES string of the molecule is CCCCCc1ccc(-c2ccc3c(F)c(CCc4ccc(C#N)cc4)ccc3c2)cc1. The monoisotopic (exact) mass is 421 g/mol. The molecule has 0 aliphatic heterocycles. The van der Waals surface area contributed by atoms with Crippen LogP contribution >= 0.6 is 0 Å². The molecule has 0 bridgehead atoms. The Bertz CT molecular complexity index is 1230. The zero-order valence-electron chi connectivity index (χ0n) is 18.6. The Hall–Kier alpha value is -3.44. The van der Waals surface area contributed by atoms with Crippen LogP contribution in [0.2, 0.25) is 0 Å². The molecule has 0 amide bonds. The van der Waals surface area contributed by atoms with E-state index < -0.39 is 0 Å². The number of benzene rings is 4. The van der Waals surface area contributed by atoms with E-state index in [1.165, 1.54) is 24.8 Å². The van der Waals surface area contributed by atoms with Crippen LogP contribution in [-0.4, -0.2) is 0 Å². The van der Waals surface area contributed by atoms with Crippen molar-refractivity contribution < 1.29 is 4.39 Å². The van der Waals surface area contributed by atoms with Crippen LogP contribution in [0.25, 0.3) is 21.9 Å². The second kappa shape index (κ2) is 10.2. The maximum absolute atomic E-state index is 15.2. The summed E-state index contributed by atoms with van der Waals surface area (Å²) in [6, 6.07) is 28.3.